The molecule has 128 valence electrons. The Morgan fingerprint density at radius 1 is 0.680 bits per heavy atom. The Balaban J connectivity index is 2.17. The molecular weight excluding hydrogens is 312 g/mol. The zero-order valence-corrected chi connectivity index (χ0v) is 14.2. The molecule has 3 N–H and O–H groups in total. The second-order valence-corrected chi connectivity index (χ2v) is 6.33. The molecule has 3 aromatic carbocycles. The maximum atomic E-state index is 10.3. The zero-order chi connectivity index (χ0) is 17.9. The van der Waals surface area contributed by atoms with Crippen LogP contribution in [0.15, 0.2) is 72.8 Å². The minimum absolute atomic E-state index is 0.224. The SMILES string of the molecule is CCC(Cc1ccccc1O)(c1ccc(O)cc1)c1ccc(O)cc1. The van der Waals surface area contributed by atoms with Crippen LogP contribution in [0.2, 0.25) is 0 Å². The number of rotatable bonds is 5. The summed E-state index contributed by atoms with van der Waals surface area (Å²) in [6, 6.07) is 21.8. The van der Waals surface area contributed by atoms with Crippen molar-refractivity contribution < 1.29 is 15.3 Å². The standard InChI is InChI=1S/C22H22O3/c1-2-22(17-7-11-19(23)12-8-17,18-9-13-20(24)14-10-18)15-16-5-3-4-6-21(16)25/h3-14,23-25H,2,15H2,1H3. The topological polar surface area (TPSA) is 60.7 Å². The van der Waals surface area contributed by atoms with Crippen LogP contribution in [0.1, 0.15) is 30.0 Å². The molecule has 0 heterocycles. The van der Waals surface area contributed by atoms with E-state index in [9.17, 15) is 15.3 Å². The van der Waals surface area contributed by atoms with Crippen LogP contribution < -0.4 is 0 Å². The molecule has 0 aliphatic heterocycles. The molecule has 0 aliphatic rings. The summed E-state index contributed by atoms with van der Waals surface area (Å²) in [6.45, 7) is 2.11. The molecule has 0 amide bonds. The fraction of sp³-hybridized carbons (Fsp3) is 0.182. The molecule has 25 heavy (non-hydrogen) atoms. The van der Waals surface area contributed by atoms with Gasteiger partial charge in [-0.3, -0.25) is 0 Å². The minimum Gasteiger partial charge on any atom is -0.508 e. The Morgan fingerprint density at radius 2 is 1.16 bits per heavy atom. The lowest BCUT2D eigenvalue weighted by molar-refractivity contribution is 0.441. The predicted molar refractivity (Wildman–Crippen MR) is 99.1 cm³/mol. The highest BCUT2D eigenvalue weighted by Gasteiger charge is 2.33. The molecule has 0 radical (unpaired) electrons. The molecule has 0 saturated heterocycles. The van der Waals surface area contributed by atoms with Crippen LogP contribution in [0.25, 0.3) is 0 Å². The Bertz CT molecular complexity index is 790. The van der Waals surface area contributed by atoms with Crippen molar-refractivity contribution in [2.75, 3.05) is 0 Å². The summed E-state index contributed by atoms with van der Waals surface area (Å²) in [5, 5.41) is 29.6. The van der Waals surface area contributed by atoms with Crippen LogP contribution >= 0.6 is 0 Å². The van der Waals surface area contributed by atoms with Gasteiger partial charge in [0.15, 0.2) is 0 Å². The molecule has 3 rings (SSSR count). The van der Waals surface area contributed by atoms with E-state index in [1.807, 2.05) is 42.5 Å². The van der Waals surface area contributed by atoms with E-state index in [1.54, 1.807) is 30.3 Å². The van der Waals surface area contributed by atoms with Gasteiger partial charge in [-0.1, -0.05) is 49.4 Å². The Kier molecular flexibility index (Phi) is 4.66. The lowest BCUT2D eigenvalue weighted by atomic mass is 9.68. The summed E-state index contributed by atoms with van der Waals surface area (Å²) in [7, 11) is 0. The zero-order valence-electron chi connectivity index (χ0n) is 14.2. The molecule has 0 aliphatic carbocycles. The summed E-state index contributed by atoms with van der Waals surface area (Å²) in [5.74, 6) is 0.724. The van der Waals surface area contributed by atoms with Crippen molar-refractivity contribution in [2.24, 2.45) is 0 Å². The fourth-order valence-electron chi connectivity index (χ4n) is 3.45. The smallest absolute Gasteiger partial charge is 0.118 e. The van der Waals surface area contributed by atoms with Crippen LogP contribution in [0.3, 0.4) is 0 Å². The first-order valence-electron chi connectivity index (χ1n) is 8.41. The van der Waals surface area contributed by atoms with Gasteiger partial charge < -0.3 is 15.3 Å². The van der Waals surface area contributed by atoms with Gasteiger partial charge in [-0.2, -0.15) is 0 Å². The second-order valence-electron chi connectivity index (χ2n) is 6.33. The number of benzene rings is 3. The molecule has 0 unspecified atom stereocenters. The summed E-state index contributed by atoms with van der Waals surface area (Å²) in [4.78, 5) is 0. The van der Waals surface area contributed by atoms with Gasteiger partial charge in [-0.25, -0.2) is 0 Å². The van der Waals surface area contributed by atoms with Crippen LogP contribution in [0.4, 0.5) is 0 Å². The second kappa shape index (κ2) is 6.89. The van der Waals surface area contributed by atoms with Gasteiger partial charge in [0.1, 0.15) is 17.2 Å². The molecule has 0 aromatic heterocycles. The highest BCUT2D eigenvalue weighted by molar-refractivity contribution is 5.46. The van der Waals surface area contributed by atoms with E-state index in [0.29, 0.717) is 6.42 Å². The fourth-order valence-corrected chi connectivity index (χ4v) is 3.45. The Labute approximate surface area is 147 Å². The largest absolute Gasteiger partial charge is 0.508 e. The molecule has 0 fully saturated rings. The number of phenolic OH excluding ortho intramolecular Hbond substituents is 3. The van der Waals surface area contributed by atoms with E-state index < -0.39 is 0 Å². The quantitative estimate of drug-likeness (QED) is 0.631. The van der Waals surface area contributed by atoms with Gasteiger partial charge in [0, 0.05) is 5.41 Å². The number of hydrogen-bond acceptors (Lipinski definition) is 3. The van der Waals surface area contributed by atoms with Gasteiger partial charge in [-0.15, -0.1) is 0 Å². The predicted octanol–water partition coefficient (Wildman–Crippen LogP) is 4.74. The van der Waals surface area contributed by atoms with E-state index in [0.717, 1.165) is 23.1 Å². The van der Waals surface area contributed by atoms with Gasteiger partial charge in [0.2, 0.25) is 0 Å². The van der Waals surface area contributed by atoms with Gasteiger partial charge in [0.05, 0.1) is 0 Å². The monoisotopic (exact) mass is 334 g/mol. The van der Waals surface area contributed by atoms with Crippen LogP contribution in [0.5, 0.6) is 17.2 Å². The normalized spacial score (nSPS) is 11.4. The molecule has 0 spiro atoms. The molecule has 0 saturated carbocycles. The van der Waals surface area contributed by atoms with Crippen molar-refractivity contribution in [1.29, 1.82) is 0 Å². The highest BCUT2D eigenvalue weighted by atomic mass is 16.3. The molecular formula is C22H22O3. The Hall–Kier alpha value is -2.94. The Morgan fingerprint density at radius 3 is 1.60 bits per heavy atom. The summed E-state index contributed by atoms with van der Waals surface area (Å²) in [6.07, 6.45) is 1.42. The third-order valence-corrected chi connectivity index (χ3v) is 4.93. The van der Waals surface area contributed by atoms with Crippen molar-refractivity contribution in [3.63, 3.8) is 0 Å². The third kappa shape index (κ3) is 3.31. The average molecular weight is 334 g/mol. The van der Waals surface area contributed by atoms with Gasteiger partial charge in [-0.05, 0) is 59.9 Å². The lowest BCUT2D eigenvalue weighted by Crippen LogP contribution is -2.29. The maximum Gasteiger partial charge on any atom is 0.118 e. The number of aromatic hydroxyl groups is 3. The van der Waals surface area contributed by atoms with E-state index >= 15 is 0 Å². The summed E-state index contributed by atoms with van der Waals surface area (Å²) >= 11 is 0. The van der Waals surface area contributed by atoms with E-state index in [4.69, 9.17) is 0 Å². The van der Waals surface area contributed by atoms with Crippen molar-refractivity contribution in [2.45, 2.75) is 25.2 Å². The van der Waals surface area contributed by atoms with Crippen molar-refractivity contribution in [3.8, 4) is 17.2 Å². The number of phenols is 3. The van der Waals surface area contributed by atoms with Crippen LogP contribution in [0, 0.1) is 0 Å². The first-order chi connectivity index (χ1) is 12.0. The molecule has 0 atom stereocenters. The van der Waals surface area contributed by atoms with E-state index in [-0.39, 0.29) is 22.7 Å². The minimum atomic E-state index is -0.375. The molecule has 0 bridgehead atoms. The van der Waals surface area contributed by atoms with Gasteiger partial charge in [0.25, 0.3) is 0 Å². The van der Waals surface area contributed by atoms with Crippen molar-refractivity contribution >= 4 is 0 Å². The average Bonchev–Trinajstić information content (AvgIpc) is 2.63. The first kappa shape index (κ1) is 16.9. The summed E-state index contributed by atoms with van der Waals surface area (Å²) in [5.41, 5.74) is 2.61. The van der Waals surface area contributed by atoms with E-state index in [2.05, 4.69) is 6.92 Å². The number of hydrogen-bond donors (Lipinski definition) is 3. The molecule has 3 nitrogen and oxygen atoms in total. The molecule has 3 heteroatoms. The van der Waals surface area contributed by atoms with Gasteiger partial charge >= 0.3 is 0 Å². The highest BCUT2D eigenvalue weighted by Crippen LogP contribution is 2.41. The van der Waals surface area contributed by atoms with E-state index in [1.165, 1.54) is 0 Å². The number of para-hydroxylation sites is 1. The van der Waals surface area contributed by atoms with Crippen LogP contribution in [-0.4, -0.2) is 15.3 Å². The molecule has 3 aromatic rings. The first-order valence-corrected chi connectivity index (χ1v) is 8.41. The third-order valence-electron chi connectivity index (χ3n) is 4.93. The lowest BCUT2D eigenvalue weighted by Gasteiger charge is -2.35. The van der Waals surface area contributed by atoms with Crippen molar-refractivity contribution in [3.05, 3.63) is 89.5 Å². The summed E-state index contributed by atoms with van der Waals surface area (Å²) < 4.78 is 0. The maximum absolute atomic E-state index is 10.3. The van der Waals surface area contributed by atoms with Crippen LogP contribution in [-0.2, 0) is 11.8 Å². The van der Waals surface area contributed by atoms with Crippen molar-refractivity contribution in [1.82, 2.24) is 0 Å².